The smallest absolute Gasteiger partial charge is 0.185 e. The second-order valence-corrected chi connectivity index (χ2v) is 8.44. The van der Waals surface area contributed by atoms with E-state index >= 15 is 0 Å². The van der Waals surface area contributed by atoms with E-state index < -0.39 is 11.7 Å². The topological polar surface area (TPSA) is 105 Å². The molecule has 2 aliphatic heterocycles. The summed E-state index contributed by atoms with van der Waals surface area (Å²) < 4.78 is 16.2. The van der Waals surface area contributed by atoms with Crippen molar-refractivity contribution in [3.8, 4) is 0 Å². The van der Waals surface area contributed by atoms with Gasteiger partial charge in [0.2, 0.25) is 0 Å². The highest BCUT2D eigenvalue weighted by Gasteiger charge is 2.39. The van der Waals surface area contributed by atoms with E-state index in [0.29, 0.717) is 41.3 Å². The van der Waals surface area contributed by atoms with E-state index in [-0.39, 0.29) is 24.9 Å². The van der Waals surface area contributed by atoms with Crippen LogP contribution in [0.5, 0.6) is 0 Å². The zero-order chi connectivity index (χ0) is 23.7. The van der Waals surface area contributed by atoms with Crippen molar-refractivity contribution in [3.05, 3.63) is 76.6 Å². The van der Waals surface area contributed by atoms with E-state index in [1.165, 1.54) is 18.5 Å². The Bertz CT molecular complexity index is 1280. The van der Waals surface area contributed by atoms with Crippen LogP contribution in [-0.4, -0.2) is 57.8 Å². The van der Waals surface area contributed by atoms with E-state index in [2.05, 4.69) is 49.6 Å². The number of rotatable bonds is 7. The van der Waals surface area contributed by atoms with Crippen molar-refractivity contribution in [1.29, 1.82) is 0 Å². The van der Waals surface area contributed by atoms with Gasteiger partial charge in [0, 0.05) is 49.0 Å². The molecule has 8 nitrogen and oxygen atoms in total. The molecule has 174 valence electrons. The highest BCUT2D eigenvalue weighted by molar-refractivity contribution is 6.21. The Kier molecular flexibility index (Phi) is 6.12. The molecule has 2 atom stereocenters. The van der Waals surface area contributed by atoms with E-state index in [1.807, 2.05) is 7.05 Å². The molecule has 0 aliphatic carbocycles. The standard InChI is InChI=1S/C25H25FN6O2/c1-27-11-15-3-5-16(6-4-15)19-12-28-20-10-17(26)9-18-21(34)13-29-24(22(18)20)23(19)25-30-14-31-32(25)7-2-8-33/h3-6,9-10,12,14,19,23,27,33H,2,7-8,11,13H2,1H3. The number of Topliss-reactive ketones (excluding diaryl/α,β-unsaturated/α-hetero) is 1. The fraction of sp³-hybridized carbons (Fsp3) is 0.320. The third-order valence-corrected chi connectivity index (χ3v) is 6.26. The summed E-state index contributed by atoms with van der Waals surface area (Å²) in [6.45, 7) is 1.22. The van der Waals surface area contributed by atoms with E-state index in [4.69, 9.17) is 0 Å². The van der Waals surface area contributed by atoms with Crippen LogP contribution in [0.1, 0.15) is 51.1 Å². The van der Waals surface area contributed by atoms with Crippen LogP contribution in [-0.2, 0) is 13.1 Å². The summed E-state index contributed by atoms with van der Waals surface area (Å²) in [4.78, 5) is 26.5. The molecule has 5 rings (SSSR count). The van der Waals surface area contributed by atoms with Gasteiger partial charge in [0.05, 0.1) is 17.3 Å². The third-order valence-electron chi connectivity index (χ3n) is 6.26. The fourth-order valence-electron chi connectivity index (χ4n) is 4.71. The summed E-state index contributed by atoms with van der Waals surface area (Å²) in [5, 5.41) is 16.9. The largest absolute Gasteiger partial charge is 0.396 e. The molecule has 2 aromatic carbocycles. The Balaban J connectivity index is 1.69. The van der Waals surface area contributed by atoms with Gasteiger partial charge in [0.15, 0.2) is 5.78 Å². The maximum atomic E-state index is 14.4. The van der Waals surface area contributed by atoms with Crippen LogP contribution < -0.4 is 5.32 Å². The predicted molar refractivity (Wildman–Crippen MR) is 127 cm³/mol. The molecular weight excluding hydrogens is 435 g/mol. The molecule has 0 amide bonds. The van der Waals surface area contributed by atoms with Crippen molar-refractivity contribution in [1.82, 2.24) is 20.1 Å². The number of ketones is 1. The van der Waals surface area contributed by atoms with Gasteiger partial charge in [-0.3, -0.25) is 14.8 Å². The first-order chi connectivity index (χ1) is 16.6. The SMILES string of the molecule is CNCc1ccc(C2C=Nc3cc(F)cc4c3C(=NCC4=O)C2c2ncnn2CCCO)cc1. The Morgan fingerprint density at radius 3 is 2.82 bits per heavy atom. The molecule has 1 aromatic heterocycles. The highest BCUT2D eigenvalue weighted by Crippen LogP contribution is 2.42. The minimum absolute atomic E-state index is 0.0312. The monoisotopic (exact) mass is 460 g/mol. The average Bonchev–Trinajstić information content (AvgIpc) is 3.23. The van der Waals surface area contributed by atoms with Crippen molar-refractivity contribution in [2.75, 3.05) is 20.2 Å². The molecule has 2 unspecified atom stereocenters. The van der Waals surface area contributed by atoms with Crippen LogP contribution in [0.15, 0.2) is 52.7 Å². The van der Waals surface area contributed by atoms with Crippen LogP contribution in [0.3, 0.4) is 0 Å². The molecule has 0 spiro atoms. The van der Waals surface area contributed by atoms with Crippen molar-refractivity contribution in [2.45, 2.75) is 31.3 Å². The van der Waals surface area contributed by atoms with Gasteiger partial charge in [-0.05, 0) is 30.7 Å². The minimum atomic E-state index is -0.502. The van der Waals surface area contributed by atoms with E-state index in [9.17, 15) is 14.3 Å². The number of aliphatic hydroxyl groups is 1. The van der Waals surface area contributed by atoms with E-state index in [0.717, 1.165) is 17.7 Å². The number of benzene rings is 2. The number of aromatic nitrogens is 3. The van der Waals surface area contributed by atoms with Gasteiger partial charge in [-0.15, -0.1) is 0 Å². The van der Waals surface area contributed by atoms with Crippen molar-refractivity contribution in [2.24, 2.45) is 9.98 Å². The Hall–Kier alpha value is -3.56. The predicted octanol–water partition coefficient (Wildman–Crippen LogP) is 2.79. The van der Waals surface area contributed by atoms with Crippen molar-refractivity contribution in [3.63, 3.8) is 0 Å². The minimum Gasteiger partial charge on any atom is -0.396 e. The van der Waals surface area contributed by atoms with Gasteiger partial charge in [-0.1, -0.05) is 24.3 Å². The number of hydrogen-bond donors (Lipinski definition) is 2. The molecule has 0 fully saturated rings. The number of aliphatic imine (C=N–C) groups is 2. The highest BCUT2D eigenvalue weighted by atomic mass is 19.1. The van der Waals surface area contributed by atoms with Crippen LogP contribution in [0.4, 0.5) is 10.1 Å². The van der Waals surface area contributed by atoms with Gasteiger partial charge in [0.25, 0.3) is 0 Å². The molecule has 3 heterocycles. The number of nitrogens with one attached hydrogen (secondary N) is 1. The van der Waals surface area contributed by atoms with Crippen LogP contribution >= 0.6 is 0 Å². The van der Waals surface area contributed by atoms with Gasteiger partial charge in [-0.2, -0.15) is 5.10 Å². The zero-order valence-electron chi connectivity index (χ0n) is 18.8. The second-order valence-electron chi connectivity index (χ2n) is 8.44. The van der Waals surface area contributed by atoms with Crippen molar-refractivity contribution >= 4 is 23.4 Å². The summed E-state index contributed by atoms with van der Waals surface area (Å²) in [5.74, 6) is -0.724. The molecule has 2 aliphatic rings. The van der Waals surface area contributed by atoms with Gasteiger partial charge in [-0.25, -0.2) is 14.1 Å². The summed E-state index contributed by atoms with van der Waals surface area (Å²) in [7, 11) is 1.90. The van der Waals surface area contributed by atoms with E-state index in [1.54, 1.807) is 10.9 Å². The van der Waals surface area contributed by atoms with Crippen LogP contribution in [0.2, 0.25) is 0 Å². The molecule has 0 radical (unpaired) electrons. The molecule has 0 bridgehead atoms. The maximum Gasteiger partial charge on any atom is 0.185 e. The van der Waals surface area contributed by atoms with Crippen molar-refractivity contribution < 1.29 is 14.3 Å². The zero-order valence-corrected chi connectivity index (χ0v) is 18.8. The number of aryl methyl sites for hydroxylation is 1. The van der Waals surface area contributed by atoms with Gasteiger partial charge < -0.3 is 10.4 Å². The lowest BCUT2D eigenvalue weighted by molar-refractivity contribution is 0.0999. The quantitative estimate of drug-likeness (QED) is 0.564. The lowest BCUT2D eigenvalue weighted by Gasteiger charge is -2.27. The molecule has 0 saturated carbocycles. The Labute approximate surface area is 196 Å². The third kappa shape index (κ3) is 3.97. The summed E-state index contributed by atoms with van der Waals surface area (Å²) >= 11 is 0. The first-order valence-electron chi connectivity index (χ1n) is 11.3. The first kappa shape index (κ1) is 22.2. The number of hydrogen-bond acceptors (Lipinski definition) is 7. The summed E-state index contributed by atoms with van der Waals surface area (Å²) in [6.07, 6.45) is 3.81. The lowest BCUT2D eigenvalue weighted by Crippen LogP contribution is -2.30. The second kappa shape index (κ2) is 9.36. The fourth-order valence-corrected chi connectivity index (χ4v) is 4.71. The number of carbonyl (C=O) groups is 1. The number of nitrogens with zero attached hydrogens (tertiary/aromatic N) is 5. The lowest BCUT2D eigenvalue weighted by atomic mass is 9.78. The molecule has 3 aromatic rings. The summed E-state index contributed by atoms with van der Waals surface area (Å²) in [6, 6.07) is 10.8. The van der Waals surface area contributed by atoms with Gasteiger partial charge in [0.1, 0.15) is 24.5 Å². The maximum absolute atomic E-state index is 14.4. The summed E-state index contributed by atoms with van der Waals surface area (Å²) in [5.41, 5.74) is 4.05. The van der Waals surface area contributed by atoms with Crippen LogP contribution in [0.25, 0.3) is 0 Å². The number of carbonyl (C=O) groups excluding carboxylic acids is 1. The molecule has 2 N–H and O–H groups in total. The normalized spacial score (nSPS) is 19.0. The van der Waals surface area contributed by atoms with Gasteiger partial charge >= 0.3 is 0 Å². The number of aliphatic hydroxyl groups excluding tert-OH is 1. The first-order valence-corrected chi connectivity index (χ1v) is 11.3. The molecule has 34 heavy (non-hydrogen) atoms. The Morgan fingerprint density at radius 1 is 1.24 bits per heavy atom. The van der Waals surface area contributed by atoms with Crippen LogP contribution in [0, 0.1) is 5.82 Å². The molecule has 9 heteroatoms. The Morgan fingerprint density at radius 2 is 2.06 bits per heavy atom. The number of halogens is 1. The average molecular weight is 461 g/mol. The molecule has 0 saturated heterocycles. The molecular formula is C25H25FN6O2.